The molecule has 0 radical (unpaired) electrons. The summed E-state index contributed by atoms with van der Waals surface area (Å²) in [5, 5.41) is 0.453. The molecule has 0 aromatic heterocycles. The quantitative estimate of drug-likeness (QED) is 0.838. The molecule has 112 valence electrons. The Morgan fingerprint density at radius 2 is 1.95 bits per heavy atom. The van der Waals surface area contributed by atoms with Gasteiger partial charge in [0.1, 0.15) is 0 Å². The Bertz CT molecular complexity index is 779. The molecule has 0 aliphatic heterocycles. The Morgan fingerprint density at radius 1 is 1.24 bits per heavy atom. The zero-order chi connectivity index (χ0) is 15.6. The summed E-state index contributed by atoms with van der Waals surface area (Å²) >= 11 is 9.32. The number of aryl methyl sites for hydroxylation is 1. The molecule has 4 nitrogen and oxygen atoms in total. The number of nitrogens with two attached hydrogens (primary N) is 1. The zero-order valence-corrected chi connectivity index (χ0v) is 14.4. The van der Waals surface area contributed by atoms with Crippen LogP contribution in [0.25, 0.3) is 0 Å². The molecular formula is C14H14BrClN2O2S. The SMILES string of the molecule is Cc1ccc(NS(=O)(=O)c2ccc(Cl)c(CN)c2)cc1Br. The monoisotopic (exact) mass is 388 g/mol. The molecule has 0 saturated carbocycles. The third-order valence-corrected chi connectivity index (χ3v) is 5.57. The maximum atomic E-state index is 12.4. The second-order valence-electron chi connectivity index (χ2n) is 4.53. The van der Waals surface area contributed by atoms with Gasteiger partial charge in [0.05, 0.1) is 4.90 Å². The lowest BCUT2D eigenvalue weighted by Crippen LogP contribution is -2.13. The van der Waals surface area contributed by atoms with Crippen molar-refractivity contribution in [1.29, 1.82) is 0 Å². The van der Waals surface area contributed by atoms with Gasteiger partial charge in [0.25, 0.3) is 10.0 Å². The molecule has 0 aliphatic carbocycles. The van der Waals surface area contributed by atoms with Crippen molar-refractivity contribution in [3.63, 3.8) is 0 Å². The fourth-order valence-electron chi connectivity index (χ4n) is 1.75. The van der Waals surface area contributed by atoms with E-state index in [0.717, 1.165) is 10.0 Å². The van der Waals surface area contributed by atoms with Crippen LogP contribution in [0.4, 0.5) is 5.69 Å². The van der Waals surface area contributed by atoms with Crippen molar-refractivity contribution in [2.24, 2.45) is 5.73 Å². The highest BCUT2D eigenvalue weighted by Gasteiger charge is 2.16. The average Bonchev–Trinajstić information content (AvgIpc) is 2.43. The first-order valence-electron chi connectivity index (χ1n) is 6.11. The Balaban J connectivity index is 2.35. The summed E-state index contributed by atoms with van der Waals surface area (Å²) < 4.78 is 28.1. The number of anilines is 1. The van der Waals surface area contributed by atoms with Gasteiger partial charge in [0.2, 0.25) is 0 Å². The highest BCUT2D eigenvalue weighted by molar-refractivity contribution is 9.10. The third kappa shape index (κ3) is 3.77. The van der Waals surface area contributed by atoms with Gasteiger partial charge in [-0.05, 0) is 48.4 Å². The number of nitrogens with one attached hydrogen (secondary N) is 1. The summed E-state index contributed by atoms with van der Waals surface area (Å²) in [6.07, 6.45) is 0. The fourth-order valence-corrected chi connectivity index (χ4v) is 3.42. The molecule has 2 aromatic rings. The van der Waals surface area contributed by atoms with E-state index in [2.05, 4.69) is 20.7 Å². The van der Waals surface area contributed by atoms with E-state index < -0.39 is 10.0 Å². The van der Waals surface area contributed by atoms with Crippen LogP contribution in [0.2, 0.25) is 5.02 Å². The Labute approximate surface area is 137 Å². The van der Waals surface area contributed by atoms with Crippen LogP contribution in [0.5, 0.6) is 0 Å². The number of sulfonamides is 1. The van der Waals surface area contributed by atoms with Crippen LogP contribution in [0.1, 0.15) is 11.1 Å². The zero-order valence-electron chi connectivity index (χ0n) is 11.2. The fraction of sp³-hybridized carbons (Fsp3) is 0.143. The van der Waals surface area contributed by atoms with E-state index in [1.807, 2.05) is 13.0 Å². The lowest BCUT2D eigenvalue weighted by atomic mass is 10.2. The van der Waals surface area contributed by atoms with Crippen LogP contribution in [0.15, 0.2) is 45.8 Å². The van der Waals surface area contributed by atoms with Crippen LogP contribution in [0.3, 0.4) is 0 Å². The van der Waals surface area contributed by atoms with E-state index in [1.54, 1.807) is 12.1 Å². The Kier molecular flexibility index (Phi) is 4.93. The minimum absolute atomic E-state index is 0.129. The first-order valence-corrected chi connectivity index (χ1v) is 8.76. The number of hydrogen-bond acceptors (Lipinski definition) is 3. The summed E-state index contributed by atoms with van der Waals surface area (Å²) in [6.45, 7) is 2.10. The Hall–Kier alpha value is -1.08. The minimum atomic E-state index is -3.68. The number of benzene rings is 2. The van der Waals surface area contributed by atoms with E-state index >= 15 is 0 Å². The molecule has 0 aliphatic rings. The molecule has 0 spiro atoms. The van der Waals surface area contributed by atoms with Gasteiger partial charge in [-0.25, -0.2) is 8.42 Å². The van der Waals surface area contributed by atoms with E-state index in [-0.39, 0.29) is 11.4 Å². The molecule has 0 unspecified atom stereocenters. The number of halogens is 2. The second kappa shape index (κ2) is 6.36. The van der Waals surface area contributed by atoms with E-state index in [0.29, 0.717) is 16.3 Å². The second-order valence-corrected chi connectivity index (χ2v) is 7.47. The van der Waals surface area contributed by atoms with E-state index in [1.165, 1.54) is 18.2 Å². The van der Waals surface area contributed by atoms with Gasteiger partial charge in [-0.1, -0.05) is 33.6 Å². The molecule has 2 rings (SSSR count). The molecule has 21 heavy (non-hydrogen) atoms. The first-order chi connectivity index (χ1) is 9.83. The number of hydrogen-bond donors (Lipinski definition) is 2. The highest BCUT2D eigenvalue weighted by atomic mass is 79.9. The van der Waals surface area contributed by atoms with Crippen molar-refractivity contribution >= 4 is 43.2 Å². The summed E-state index contributed by atoms with van der Waals surface area (Å²) in [7, 11) is -3.68. The lowest BCUT2D eigenvalue weighted by Gasteiger charge is -2.11. The molecule has 2 aromatic carbocycles. The molecule has 3 N–H and O–H groups in total. The van der Waals surface area contributed by atoms with Gasteiger partial charge in [-0.2, -0.15) is 0 Å². The van der Waals surface area contributed by atoms with Gasteiger partial charge in [0.15, 0.2) is 0 Å². The summed E-state index contributed by atoms with van der Waals surface area (Å²) in [6, 6.07) is 9.71. The lowest BCUT2D eigenvalue weighted by molar-refractivity contribution is 0.601. The third-order valence-electron chi connectivity index (χ3n) is 2.97. The van der Waals surface area contributed by atoms with Crippen molar-refractivity contribution in [2.45, 2.75) is 18.4 Å². The minimum Gasteiger partial charge on any atom is -0.326 e. The van der Waals surface area contributed by atoms with Crippen LogP contribution >= 0.6 is 27.5 Å². The predicted octanol–water partition coefficient (Wildman–Crippen LogP) is 3.67. The molecule has 0 saturated heterocycles. The van der Waals surface area contributed by atoms with Crippen LogP contribution in [-0.4, -0.2) is 8.42 Å². The predicted molar refractivity (Wildman–Crippen MR) is 89.0 cm³/mol. The van der Waals surface area contributed by atoms with Gasteiger partial charge < -0.3 is 5.73 Å². The molecule has 7 heteroatoms. The standard InChI is InChI=1S/C14H14BrClN2O2S/c1-9-2-3-11(7-13(9)15)18-21(19,20)12-4-5-14(16)10(6-12)8-17/h2-7,18H,8,17H2,1H3. The normalized spacial score (nSPS) is 11.4. The van der Waals surface area contributed by atoms with Crippen molar-refractivity contribution < 1.29 is 8.42 Å². The van der Waals surface area contributed by atoms with Crippen molar-refractivity contribution in [2.75, 3.05) is 4.72 Å². The summed E-state index contributed by atoms with van der Waals surface area (Å²) in [5.41, 5.74) is 7.64. The maximum Gasteiger partial charge on any atom is 0.261 e. The van der Waals surface area contributed by atoms with Crippen molar-refractivity contribution in [3.05, 3.63) is 57.0 Å². The van der Waals surface area contributed by atoms with Crippen molar-refractivity contribution in [1.82, 2.24) is 0 Å². The summed E-state index contributed by atoms with van der Waals surface area (Å²) in [5.74, 6) is 0. The van der Waals surface area contributed by atoms with E-state index in [4.69, 9.17) is 17.3 Å². The van der Waals surface area contributed by atoms with Gasteiger partial charge >= 0.3 is 0 Å². The highest BCUT2D eigenvalue weighted by Crippen LogP contribution is 2.25. The van der Waals surface area contributed by atoms with Gasteiger partial charge in [0, 0.05) is 21.7 Å². The van der Waals surface area contributed by atoms with Crippen LogP contribution in [-0.2, 0) is 16.6 Å². The van der Waals surface area contributed by atoms with Crippen molar-refractivity contribution in [3.8, 4) is 0 Å². The van der Waals surface area contributed by atoms with Gasteiger partial charge in [-0.3, -0.25) is 4.72 Å². The molecule has 0 fully saturated rings. The summed E-state index contributed by atoms with van der Waals surface area (Å²) in [4.78, 5) is 0.129. The molecule has 0 atom stereocenters. The molecule has 0 heterocycles. The molecular weight excluding hydrogens is 376 g/mol. The molecule has 0 amide bonds. The first kappa shape index (κ1) is 16.3. The maximum absolute atomic E-state index is 12.4. The Morgan fingerprint density at radius 3 is 2.57 bits per heavy atom. The van der Waals surface area contributed by atoms with Gasteiger partial charge in [-0.15, -0.1) is 0 Å². The van der Waals surface area contributed by atoms with Crippen LogP contribution in [0, 0.1) is 6.92 Å². The number of rotatable bonds is 4. The molecule has 0 bridgehead atoms. The van der Waals surface area contributed by atoms with E-state index in [9.17, 15) is 8.42 Å². The van der Waals surface area contributed by atoms with Crippen LogP contribution < -0.4 is 10.5 Å². The smallest absolute Gasteiger partial charge is 0.261 e. The largest absolute Gasteiger partial charge is 0.326 e. The topological polar surface area (TPSA) is 72.2 Å². The average molecular weight is 390 g/mol.